The Morgan fingerprint density at radius 2 is 2.25 bits per heavy atom. The van der Waals surface area contributed by atoms with E-state index in [0.29, 0.717) is 6.42 Å². The van der Waals surface area contributed by atoms with Crippen molar-refractivity contribution in [3.63, 3.8) is 0 Å². The number of rotatable bonds is 5. The van der Waals surface area contributed by atoms with Gasteiger partial charge in [0.05, 0.1) is 6.04 Å². The first-order chi connectivity index (χ1) is 7.52. The smallest absolute Gasteiger partial charge is 0.221 e. The first kappa shape index (κ1) is 13.1. The molecule has 0 aliphatic rings. The van der Waals surface area contributed by atoms with Crippen LogP contribution in [0, 0.1) is 6.92 Å². The van der Waals surface area contributed by atoms with Gasteiger partial charge in [-0.3, -0.25) is 4.79 Å². The van der Waals surface area contributed by atoms with E-state index in [0.717, 1.165) is 5.01 Å². The molecule has 1 amide bonds. The fraction of sp³-hybridized carbons (Fsp3) is 0.636. The van der Waals surface area contributed by atoms with Gasteiger partial charge in [-0.2, -0.15) is 0 Å². The zero-order valence-corrected chi connectivity index (χ0v) is 11.0. The van der Waals surface area contributed by atoms with Crippen LogP contribution < -0.4 is 10.6 Å². The van der Waals surface area contributed by atoms with E-state index < -0.39 is 0 Å². The Morgan fingerprint density at radius 1 is 1.56 bits per heavy atom. The second kappa shape index (κ2) is 5.96. The van der Waals surface area contributed by atoms with E-state index in [9.17, 15) is 4.79 Å². The maximum atomic E-state index is 11.2. The van der Waals surface area contributed by atoms with Crippen LogP contribution in [-0.2, 0) is 4.79 Å². The number of nitrogens with zero attached hydrogens (tertiary/aromatic N) is 1. The topological polar surface area (TPSA) is 54.0 Å². The van der Waals surface area contributed by atoms with Crippen LogP contribution >= 0.6 is 11.3 Å². The normalized spacial score (nSPS) is 14.5. The summed E-state index contributed by atoms with van der Waals surface area (Å²) < 4.78 is 0. The number of carbonyl (C=O) groups excluding carboxylic acids is 1. The molecule has 5 heteroatoms. The minimum Gasteiger partial charge on any atom is -0.359 e. The maximum Gasteiger partial charge on any atom is 0.221 e. The fourth-order valence-corrected chi connectivity index (χ4v) is 2.30. The van der Waals surface area contributed by atoms with E-state index in [2.05, 4.69) is 22.5 Å². The second-order valence-electron chi connectivity index (χ2n) is 3.98. The molecule has 1 aromatic heterocycles. The number of aryl methyl sites for hydroxylation is 1. The van der Waals surface area contributed by atoms with Gasteiger partial charge in [0, 0.05) is 30.6 Å². The molecule has 1 aromatic rings. The number of nitrogens with one attached hydrogen (secondary N) is 2. The largest absolute Gasteiger partial charge is 0.359 e. The molecular weight excluding hydrogens is 222 g/mol. The number of hydrogen-bond donors (Lipinski definition) is 2. The summed E-state index contributed by atoms with van der Waals surface area (Å²) in [5, 5.41) is 7.05. The zero-order chi connectivity index (χ0) is 12.1. The Labute approximate surface area is 100 Å². The monoisotopic (exact) mass is 241 g/mol. The highest BCUT2D eigenvalue weighted by molar-refractivity contribution is 7.11. The predicted molar refractivity (Wildman–Crippen MR) is 66.5 cm³/mol. The molecule has 0 aromatic carbocycles. The van der Waals surface area contributed by atoms with Crippen LogP contribution in [0.25, 0.3) is 0 Å². The van der Waals surface area contributed by atoms with Crippen molar-refractivity contribution in [2.24, 2.45) is 0 Å². The van der Waals surface area contributed by atoms with Gasteiger partial charge >= 0.3 is 0 Å². The van der Waals surface area contributed by atoms with E-state index in [1.807, 2.05) is 20.0 Å². The highest BCUT2D eigenvalue weighted by Crippen LogP contribution is 2.19. The van der Waals surface area contributed by atoms with Gasteiger partial charge in [-0.1, -0.05) is 0 Å². The molecule has 4 nitrogen and oxygen atoms in total. The van der Waals surface area contributed by atoms with Crippen LogP contribution in [-0.4, -0.2) is 24.0 Å². The molecule has 16 heavy (non-hydrogen) atoms. The number of aromatic nitrogens is 1. The molecule has 0 aliphatic heterocycles. The van der Waals surface area contributed by atoms with Crippen molar-refractivity contribution in [2.75, 3.05) is 7.05 Å². The molecule has 2 N–H and O–H groups in total. The SMILES string of the molecule is CNC(=O)CC(C)NC(C)c1ncc(C)s1. The van der Waals surface area contributed by atoms with Gasteiger partial charge in [0.2, 0.25) is 5.91 Å². The Kier molecular flexibility index (Phi) is 4.89. The Balaban J connectivity index is 2.45. The molecule has 2 atom stereocenters. The Morgan fingerprint density at radius 3 is 2.75 bits per heavy atom. The molecule has 0 saturated carbocycles. The van der Waals surface area contributed by atoms with E-state index in [1.165, 1.54) is 4.88 Å². The molecule has 0 saturated heterocycles. The van der Waals surface area contributed by atoms with Gasteiger partial charge in [0.25, 0.3) is 0 Å². The highest BCUT2D eigenvalue weighted by Gasteiger charge is 2.14. The molecule has 1 rings (SSSR count). The van der Waals surface area contributed by atoms with E-state index in [4.69, 9.17) is 0 Å². The summed E-state index contributed by atoms with van der Waals surface area (Å²) in [6, 6.07) is 0.345. The molecule has 0 radical (unpaired) electrons. The molecule has 90 valence electrons. The fourth-order valence-electron chi connectivity index (χ4n) is 1.51. The van der Waals surface area contributed by atoms with Crippen molar-refractivity contribution in [1.82, 2.24) is 15.6 Å². The summed E-state index contributed by atoms with van der Waals surface area (Å²) in [6.45, 7) is 6.12. The van der Waals surface area contributed by atoms with Crippen molar-refractivity contribution < 1.29 is 4.79 Å². The minimum atomic E-state index is 0.0579. The number of carbonyl (C=O) groups is 1. The van der Waals surface area contributed by atoms with Gasteiger partial charge in [-0.15, -0.1) is 11.3 Å². The van der Waals surface area contributed by atoms with Crippen LogP contribution in [0.1, 0.15) is 36.2 Å². The molecule has 0 bridgehead atoms. The summed E-state index contributed by atoms with van der Waals surface area (Å²) in [5.74, 6) is 0.0579. The van der Waals surface area contributed by atoms with Gasteiger partial charge in [-0.05, 0) is 20.8 Å². The van der Waals surface area contributed by atoms with Crippen molar-refractivity contribution in [3.05, 3.63) is 16.1 Å². The van der Waals surface area contributed by atoms with Crippen LogP contribution in [0.15, 0.2) is 6.20 Å². The minimum absolute atomic E-state index is 0.0579. The third-order valence-corrected chi connectivity index (χ3v) is 3.41. The first-order valence-electron chi connectivity index (χ1n) is 5.42. The zero-order valence-electron chi connectivity index (χ0n) is 10.2. The third kappa shape index (κ3) is 3.90. The summed E-state index contributed by atoms with van der Waals surface area (Å²) in [4.78, 5) is 16.7. The van der Waals surface area contributed by atoms with E-state index in [-0.39, 0.29) is 18.0 Å². The first-order valence-corrected chi connectivity index (χ1v) is 6.23. The van der Waals surface area contributed by atoms with Crippen LogP contribution in [0.5, 0.6) is 0 Å². The molecular formula is C11H19N3OS. The van der Waals surface area contributed by atoms with Crippen LogP contribution in [0.3, 0.4) is 0 Å². The van der Waals surface area contributed by atoms with Gasteiger partial charge in [0.15, 0.2) is 0 Å². The summed E-state index contributed by atoms with van der Waals surface area (Å²) in [5.41, 5.74) is 0. The summed E-state index contributed by atoms with van der Waals surface area (Å²) in [6.07, 6.45) is 2.37. The van der Waals surface area contributed by atoms with Crippen molar-refractivity contribution >= 4 is 17.2 Å². The van der Waals surface area contributed by atoms with Gasteiger partial charge < -0.3 is 10.6 Å². The average molecular weight is 241 g/mol. The molecule has 0 aliphatic carbocycles. The average Bonchev–Trinajstić information content (AvgIpc) is 2.64. The lowest BCUT2D eigenvalue weighted by atomic mass is 10.2. The van der Waals surface area contributed by atoms with E-state index in [1.54, 1.807) is 18.4 Å². The Bertz CT molecular complexity index is 351. The predicted octanol–water partition coefficient (Wildman–Crippen LogP) is 1.63. The third-order valence-electron chi connectivity index (χ3n) is 2.31. The lowest BCUT2D eigenvalue weighted by Gasteiger charge is -2.17. The molecule has 0 fully saturated rings. The summed E-state index contributed by atoms with van der Waals surface area (Å²) in [7, 11) is 1.66. The van der Waals surface area contributed by atoms with Crippen molar-refractivity contribution in [1.29, 1.82) is 0 Å². The second-order valence-corrected chi connectivity index (χ2v) is 5.24. The lowest BCUT2D eigenvalue weighted by molar-refractivity contribution is -0.121. The van der Waals surface area contributed by atoms with Gasteiger partial charge in [0.1, 0.15) is 5.01 Å². The molecule has 2 unspecified atom stereocenters. The van der Waals surface area contributed by atoms with Crippen molar-refractivity contribution in [3.8, 4) is 0 Å². The number of hydrogen-bond acceptors (Lipinski definition) is 4. The quantitative estimate of drug-likeness (QED) is 0.824. The number of amides is 1. The lowest BCUT2D eigenvalue weighted by Crippen LogP contribution is -2.33. The Hall–Kier alpha value is -0.940. The number of thiazole rings is 1. The molecule has 1 heterocycles. The maximum absolute atomic E-state index is 11.2. The standard InChI is InChI=1S/C11H19N3OS/c1-7(5-10(15)12-4)14-9(3)11-13-6-8(2)16-11/h6-7,9,14H,5H2,1-4H3,(H,12,15). The van der Waals surface area contributed by atoms with E-state index >= 15 is 0 Å². The highest BCUT2D eigenvalue weighted by atomic mass is 32.1. The summed E-state index contributed by atoms with van der Waals surface area (Å²) >= 11 is 1.69. The molecule has 0 spiro atoms. The van der Waals surface area contributed by atoms with Crippen LogP contribution in [0.2, 0.25) is 0 Å². The van der Waals surface area contributed by atoms with Crippen LogP contribution in [0.4, 0.5) is 0 Å². The van der Waals surface area contributed by atoms with Gasteiger partial charge in [-0.25, -0.2) is 4.98 Å². The van der Waals surface area contributed by atoms with Crippen molar-refractivity contribution in [2.45, 2.75) is 39.3 Å².